The number of nitrogens with one attached hydrogen (secondary N) is 3. The van der Waals surface area contributed by atoms with Crippen molar-refractivity contribution in [3.63, 3.8) is 0 Å². The predicted octanol–water partition coefficient (Wildman–Crippen LogP) is 1.02. The van der Waals surface area contributed by atoms with Gasteiger partial charge in [-0.2, -0.15) is 0 Å². The van der Waals surface area contributed by atoms with Crippen LogP contribution in [0.25, 0.3) is 0 Å². The second-order valence-corrected chi connectivity index (χ2v) is 6.11. The molecule has 0 aromatic carbocycles. The van der Waals surface area contributed by atoms with Crippen molar-refractivity contribution < 1.29 is 4.79 Å². The van der Waals surface area contributed by atoms with Crippen LogP contribution in [-0.4, -0.2) is 36.6 Å². The van der Waals surface area contributed by atoms with Gasteiger partial charge in [0, 0.05) is 17.6 Å². The van der Waals surface area contributed by atoms with Crippen molar-refractivity contribution in [3.05, 3.63) is 0 Å². The summed E-state index contributed by atoms with van der Waals surface area (Å²) in [5, 5.41) is 9.70. The van der Waals surface area contributed by atoms with Crippen LogP contribution in [0.4, 0.5) is 0 Å². The Morgan fingerprint density at radius 2 is 2.18 bits per heavy atom. The molecule has 100 valence electrons. The van der Waals surface area contributed by atoms with Gasteiger partial charge < -0.3 is 16.0 Å². The number of carbonyl (C=O) groups excluding carboxylic acids is 1. The van der Waals surface area contributed by atoms with Crippen LogP contribution in [0.5, 0.6) is 0 Å². The van der Waals surface area contributed by atoms with Crippen LogP contribution in [0.2, 0.25) is 0 Å². The molecule has 0 bridgehead atoms. The molecule has 4 heteroatoms. The summed E-state index contributed by atoms with van der Waals surface area (Å²) in [6, 6.07) is 1.01. The molecule has 0 saturated carbocycles. The van der Waals surface area contributed by atoms with Gasteiger partial charge in [0.05, 0.1) is 6.54 Å². The quantitative estimate of drug-likeness (QED) is 0.673. The maximum absolute atomic E-state index is 11.6. The van der Waals surface area contributed by atoms with E-state index >= 15 is 0 Å². The standard InChI is InChI=1S/C13H27N3O/c1-10(8-11-6-5-7-14-11)15-9-12(17)16-13(2,3)4/h10-11,14-15H,5-9H2,1-4H3,(H,16,17). The van der Waals surface area contributed by atoms with Crippen molar-refractivity contribution >= 4 is 5.91 Å². The maximum atomic E-state index is 11.6. The fraction of sp³-hybridized carbons (Fsp3) is 0.923. The van der Waals surface area contributed by atoms with Gasteiger partial charge in [-0.15, -0.1) is 0 Å². The van der Waals surface area contributed by atoms with E-state index in [0.717, 1.165) is 13.0 Å². The fourth-order valence-corrected chi connectivity index (χ4v) is 2.20. The molecule has 1 heterocycles. The summed E-state index contributed by atoms with van der Waals surface area (Å²) in [5.74, 6) is 0.0729. The third-order valence-corrected chi connectivity index (χ3v) is 2.93. The van der Waals surface area contributed by atoms with Crippen LogP contribution < -0.4 is 16.0 Å². The summed E-state index contributed by atoms with van der Waals surface area (Å²) >= 11 is 0. The summed E-state index contributed by atoms with van der Waals surface area (Å²) in [6.07, 6.45) is 3.64. The van der Waals surface area contributed by atoms with E-state index in [4.69, 9.17) is 0 Å². The van der Waals surface area contributed by atoms with Crippen LogP contribution in [-0.2, 0) is 4.79 Å². The normalized spacial score (nSPS) is 22.5. The molecule has 1 aliphatic rings. The molecule has 17 heavy (non-hydrogen) atoms. The number of hydrogen-bond acceptors (Lipinski definition) is 3. The van der Waals surface area contributed by atoms with Crippen molar-refractivity contribution in [2.24, 2.45) is 0 Å². The summed E-state index contributed by atoms with van der Waals surface area (Å²) in [5.41, 5.74) is -0.144. The van der Waals surface area contributed by atoms with Crippen molar-refractivity contribution in [1.82, 2.24) is 16.0 Å². The first kappa shape index (κ1) is 14.5. The van der Waals surface area contributed by atoms with Crippen LogP contribution in [0.3, 0.4) is 0 Å². The van der Waals surface area contributed by atoms with Gasteiger partial charge in [-0.25, -0.2) is 0 Å². The first-order chi connectivity index (χ1) is 7.87. The van der Waals surface area contributed by atoms with Gasteiger partial charge in [0.25, 0.3) is 0 Å². The molecule has 1 amide bonds. The monoisotopic (exact) mass is 241 g/mol. The van der Waals surface area contributed by atoms with Gasteiger partial charge in [0.1, 0.15) is 0 Å². The zero-order valence-electron chi connectivity index (χ0n) is 11.6. The largest absolute Gasteiger partial charge is 0.350 e. The van der Waals surface area contributed by atoms with Crippen molar-refractivity contribution in [3.8, 4) is 0 Å². The highest BCUT2D eigenvalue weighted by atomic mass is 16.2. The summed E-state index contributed by atoms with van der Waals surface area (Å²) in [7, 11) is 0. The Kier molecular flexibility index (Phi) is 5.40. The number of rotatable bonds is 5. The molecule has 1 aliphatic heterocycles. The third kappa shape index (κ3) is 6.64. The average molecular weight is 241 g/mol. The highest BCUT2D eigenvalue weighted by molar-refractivity contribution is 5.78. The number of amides is 1. The van der Waals surface area contributed by atoms with Crippen LogP contribution in [0.1, 0.15) is 47.0 Å². The second kappa shape index (κ2) is 6.36. The molecule has 1 saturated heterocycles. The van der Waals surface area contributed by atoms with Gasteiger partial charge in [0.2, 0.25) is 5.91 Å². The summed E-state index contributed by atoms with van der Waals surface area (Å²) < 4.78 is 0. The van der Waals surface area contributed by atoms with E-state index in [1.54, 1.807) is 0 Å². The Morgan fingerprint density at radius 1 is 1.47 bits per heavy atom. The zero-order valence-corrected chi connectivity index (χ0v) is 11.6. The van der Waals surface area contributed by atoms with Gasteiger partial charge >= 0.3 is 0 Å². The molecule has 0 radical (unpaired) electrons. The summed E-state index contributed by atoms with van der Waals surface area (Å²) in [6.45, 7) is 9.68. The van der Waals surface area contributed by atoms with E-state index in [0.29, 0.717) is 18.6 Å². The minimum Gasteiger partial charge on any atom is -0.350 e. The Balaban J connectivity index is 2.14. The van der Waals surface area contributed by atoms with Crippen molar-refractivity contribution in [1.29, 1.82) is 0 Å². The lowest BCUT2D eigenvalue weighted by atomic mass is 10.1. The molecule has 3 N–H and O–H groups in total. The highest BCUT2D eigenvalue weighted by Crippen LogP contribution is 2.10. The molecule has 4 nitrogen and oxygen atoms in total. The zero-order chi connectivity index (χ0) is 12.9. The first-order valence-electron chi connectivity index (χ1n) is 6.64. The van der Waals surface area contributed by atoms with Crippen molar-refractivity contribution in [2.45, 2.75) is 64.6 Å². The molecule has 0 aliphatic carbocycles. The molecule has 2 atom stereocenters. The van der Waals surface area contributed by atoms with Gasteiger partial charge in [-0.05, 0) is 53.5 Å². The first-order valence-corrected chi connectivity index (χ1v) is 6.64. The molecule has 1 rings (SSSR count). The van der Waals surface area contributed by atoms with Crippen LogP contribution in [0, 0.1) is 0 Å². The van der Waals surface area contributed by atoms with E-state index in [1.165, 1.54) is 12.8 Å². The molecule has 0 aromatic heterocycles. The van der Waals surface area contributed by atoms with E-state index in [9.17, 15) is 4.79 Å². The number of hydrogen-bond donors (Lipinski definition) is 3. The molecule has 0 spiro atoms. The lowest BCUT2D eigenvalue weighted by Gasteiger charge is -2.22. The van der Waals surface area contributed by atoms with Gasteiger partial charge in [0.15, 0.2) is 0 Å². The minimum absolute atomic E-state index is 0.0729. The Morgan fingerprint density at radius 3 is 2.71 bits per heavy atom. The molecular weight excluding hydrogens is 214 g/mol. The smallest absolute Gasteiger partial charge is 0.234 e. The fourth-order valence-electron chi connectivity index (χ4n) is 2.20. The summed E-state index contributed by atoms with van der Waals surface area (Å²) in [4.78, 5) is 11.6. The highest BCUT2D eigenvalue weighted by Gasteiger charge is 2.18. The second-order valence-electron chi connectivity index (χ2n) is 6.11. The van der Waals surface area contributed by atoms with E-state index in [-0.39, 0.29) is 11.4 Å². The molecular formula is C13H27N3O. The van der Waals surface area contributed by atoms with Gasteiger partial charge in [-0.3, -0.25) is 4.79 Å². The van der Waals surface area contributed by atoms with Crippen LogP contribution in [0.15, 0.2) is 0 Å². The Bertz CT molecular complexity index is 242. The van der Waals surface area contributed by atoms with Crippen LogP contribution >= 0.6 is 0 Å². The molecule has 1 fully saturated rings. The Hall–Kier alpha value is -0.610. The lowest BCUT2D eigenvalue weighted by molar-refractivity contribution is -0.121. The average Bonchev–Trinajstić information content (AvgIpc) is 2.64. The predicted molar refractivity (Wildman–Crippen MR) is 71.0 cm³/mol. The Labute approximate surface area is 105 Å². The molecule has 0 aromatic rings. The van der Waals surface area contributed by atoms with E-state index in [1.807, 2.05) is 20.8 Å². The maximum Gasteiger partial charge on any atom is 0.234 e. The minimum atomic E-state index is -0.144. The SMILES string of the molecule is CC(CC1CCCN1)NCC(=O)NC(C)(C)C. The van der Waals surface area contributed by atoms with E-state index < -0.39 is 0 Å². The van der Waals surface area contributed by atoms with E-state index in [2.05, 4.69) is 22.9 Å². The van der Waals surface area contributed by atoms with Crippen molar-refractivity contribution in [2.75, 3.05) is 13.1 Å². The third-order valence-electron chi connectivity index (χ3n) is 2.93. The lowest BCUT2D eigenvalue weighted by Crippen LogP contribution is -2.46. The number of carbonyl (C=O) groups is 1. The molecule has 2 unspecified atom stereocenters. The van der Waals surface area contributed by atoms with Gasteiger partial charge in [-0.1, -0.05) is 0 Å². The topological polar surface area (TPSA) is 53.2 Å².